The summed E-state index contributed by atoms with van der Waals surface area (Å²) in [6, 6.07) is 0. The normalized spacial score (nSPS) is 19.9. The Bertz CT molecular complexity index is 1070. The van der Waals surface area contributed by atoms with Gasteiger partial charge in [0, 0.05) is 56.9 Å². The summed E-state index contributed by atoms with van der Waals surface area (Å²) in [5.41, 5.74) is 1.24. The molecule has 0 amide bonds. The minimum atomic E-state index is -5.08. The van der Waals surface area contributed by atoms with Gasteiger partial charge in [0.05, 0.1) is 19.8 Å². The van der Waals surface area contributed by atoms with Gasteiger partial charge >= 0.3 is 24.3 Å². The van der Waals surface area contributed by atoms with Crippen molar-refractivity contribution >= 4 is 17.9 Å². The summed E-state index contributed by atoms with van der Waals surface area (Å²) in [6.07, 6.45) is -1.37. The van der Waals surface area contributed by atoms with E-state index in [2.05, 4.69) is 36.4 Å². The number of carbonyl (C=O) groups is 2. The maximum atomic E-state index is 10.6. The van der Waals surface area contributed by atoms with Crippen LogP contribution in [-0.2, 0) is 27.9 Å². The zero-order valence-electron chi connectivity index (χ0n) is 21.0. The Labute approximate surface area is 219 Å². The summed E-state index contributed by atoms with van der Waals surface area (Å²) in [7, 11) is 2.05. The predicted molar refractivity (Wildman–Crippen MR) is 123 cm³/mol. The number of carboxylic acids is 2. The molecule has 1 unspecified atom stereocenters. The third kappa shape index (κ3) is 9.97. The zero-order chi connectivity index (χ0) is 29.4. The van der Waals surface area contributed by atoms with Gasteiger partial charge in [-0.3, -0.25) is 4.90 Å². The summed E-state index contributed by atoms with van der Waals surface area (Å²) in [6.45, 7) is 8.37. The predicted octanol–water partition coefficient (Wildman–Crippen LogP) is 2.51. The molecule has 2 fully saturated rings. The fourth-order valence-corrected chi connectivity index (χ4v) is 3.87. The monoisotopic (exact) mass is 570 g/mol. The molecule has 0 saturated carbocycles. The number of carboxylic acid groups (broad SMARTS) is 2. The lowest BCUT2D eigenvalue weighted by Crippen LogP contribution is -2.41. The molecular weight excluding hydrogens is 542 g/mol. The molecule has 2 aromatic heterocycles. The second kappa shape index (κ2) is 13.1. The molecule has 2 aliphatic heterocycles. The van der Waals surface area contributed by atoms with Crippen LogP contribution in [0.3, 0.4) is 0 Å². The minimum Gasteiger partial charge on any atom is -0.475 e. The van der Waals surface area contributed by atoms with Gasteiger partial charge in [0.15, 0.2) is 0 Å². The van der Waals surface area contributed by atoms with Gasteiger partial charge in [-0.2, -0.15) is 26.3 Å². The Morgan fingerprint density at radius 3 is 2.05 bits per heavy atom. The van der Waals surface area contributed by atoms with E-state index in [-0.39, 0.29) is 5.41 Å². The first-order valence-corrected chi connectivity index (χ1v) is 11.4. The maximum absolute atomic E-state index is 10.6. The van der Waals surface area contributed by atoms with Crippen LogP contribution in [0.25, 0.3) is 0 Å². The number of aliphatic carboxylic acids is 2. The van der Waals surface area contributed by atoms with Crippen LogP contribution in [0, 0.1) is 12.3 Å². The van der Waals surface area contributed by atoms with Gasteiger partial charge < -0.3 is 24.4 Å². The molecular formula is C22H28F6N6O5. The van der Waals surface area contributed by atoms with E-state index in [9.17, 15) is 26.3 Å². The van der Waals surface area contributed by atoms with E-state index in [1.165, 1.54) is 0 Å². The average Bonchev–Trinajstić information content (AvgIpc) is 3.35. The number of rotatable bonds is 3. The van der Waals surface area contributed by atoms with Gasteiger partial charge in [-0.05, 0) is 25.5 Å². The van der Waals surface area contributed by atoms with Crippen LogP contribution >= 0.6 is 0 Å². The van der Waals surface area contributed by atoms with Gasteiger partial charge in [0.1, 0.15) is 5.82 Å². The number of anilines is 1. The first-order chi connectivity index (χ1) is 18.0. The third-order valence-corrected chi connectivity index (χ3v) is 5.78. The van der Waals surface area contributed by atoms with Crippen molar-refractivity contribution in [3.63, 3.8) is 0 Å². The quantitative estimate of drug-likeness (QED) is 0.531. The SMILES string of the molecule is Cc1cnc(N2CCOCC3(CCN(Cc4nccn4C)C3)C2)nc1.O=C(O)C(F)(F)F.O=C(O)C(F)(F)F. The number of alkyl halides is 6. The lowest BCUT2D eigenvalue weighted by atomic mass is 9.87. The largest absolute Gasteiger partial charge is 0.490 e. The van der Waals surface area contributed by atoms with Crippen molar-refractivity contribution in [3.05, 3.63) is 36.2 Å². The van der Waals surface area contributed by atoms with Crippen molar-refractivity contribution in [2.45, 2.75) is 32.2 Å². The summed E-state index contributed by atoms with van der Waals surface area (Å²) < 4.78 is 71.5. The van der Waals surface area contributed by atoms with Gasteiger partial charge in [-0.15, -0.1) is 0 Å². The molecule has 4 rings (SSSR count). The molecule has 11 nitrogen and oxygen atoms in total. The van der Waals surface area contributed by atoms with Gasteiger partial charge in [0.25, 0.3) is 0 Å². The van der Waals surface area contributed by atoms with E-state index in [1.54, 1.807) is 0 Å². The van der Waals surface area contributed by atoms with Gasteiger partial charge in [-0.1, -0.05) is 0 Å². The number of imidazole rings is 1. The van der Waals surface area contributed by atoms with Crippen molar-refractivity contribution in [1.82, 2.24) is 24.4 Å². The Morgan fingerprint density at radius 1 is 1.00 bits per heavy atom. The molecule has 2 saturated heterocycles. The lowest BCUT2D eigenvalue weighted by molar-refractivity contribution is -0.193. The van der Waals surface area contributed by atoms with Crippen LogP contribution in [-0.4, -0.2) is 98.3 Å². The van der Waals surface area contributed by atoms with Gasteiger partial charge in [0.2, 0.25) is 5.95 Å². The van der Waals surface area contributed by atoms with E-state index >= 15 is 0 Å². The molecule has 2 aromatic rings. The zero-order valence-corrected chi connectivity index (χ0v) is 21.0. The topological polar surface area (TPSA) is 134 Å². The molecule has 0 aliphatic carbocycles. The van der Waals surface area contributed by atoms with Crippen LogP contribution in [0.15, 0.2) is 24.8 Å². The first kappa shape index (κ1) is 31.7. The second-order valence-corrected chi connectivity index (χ2v) is 9.06. The van der Waals surface area contributed by atoms with Gasteiger partial charge in [-0.25, -0.2) is 24.5 Å². The highest BCUT2D eigenvalue weighted by atomic mass is 19.4. The number of halogens is 6. The number of ether oxygens (including phenoxy) is 1. The highest BCUT2D eigenvalue weighted by molar-refractivity contribution is 5.73. The number of likely N-dealkylation sites (tertiary alicyclic amines) is 1. The molecule has 1 atom stereocenters. The Kier molecular flexibility index (Phi) is 10.6. The van der Waals surface area contributed by atoms with Crippen LogP contribution < -0.4 is 4.90 Å². The summed E-state index contributed by atoms with van der Waals surface area (Å²) in [5.74, 6) is -3.58. The molecule has 17 heteroatoms. The molecule has 0 aromatic carbocycles. The fraction of sp³-hybridized carbons (Fsp3) is 0.591. The highest BCUT2D eigenvalue weighted by Crippen LogP contribution is 2.34. The number of hydrogen-bond acceptors (Lipinski definition) is 8. The number of aromatic nitrogens is 4. The Hall–Kier alpha value is -3.47. The number of hydrogen-bond donors (Lipinski definition) is 2. The molecule has 0 radical (unpaired) electrons. The molecule has 2 N–H and O–H groups in total. The summed E-state index contributed by atoms with van der Waals surface area (Å²) in [4.78, 5) is 36.1. The maximum Gasteiger partial charge on any atom is 0.490 e. The molecule has 1 spiro atoms. The smallest absolute Gasteiger partial charge is 0.475 e. The van der Waals surface area contributed by atoms with Crippen LogP contribution in [0.5, 0.6) is 0 Å². The Balaban J connectivity index is 0.000000317. The number of nitrogens with zero attached hydrogens (tertiary/aromatic N) is 6. The first-order valence-electron chi connectivity index (χ1n) is 11.4. The molecule has 0 bridgehead atoms. The van der Waals surface area contributed by atoms with Crippen LogP contribution in [0.2, 0.25) is 0 Å². The molecule has 4 heterocycles. The third-order valence-electron chi connectivity index (χ3n) is 5.78. The van der Waals surface area contributed by atoms with Crippen LogP contribution in [0.1, 0.15) is 17.8 Å². The second-order valence-electron chi connectivity index (χ2n) is 9.06. The van der Waals surface area contributed by atoms with Crippen LogP contribution in [0.4, 0.5) is 32.3 Å². The van der Waals surface area contributed by atoms with E-state index < -0.39 is 24.3 Å². The summed E-state index contributed by atoms with van der Waals surface area (Å²) >= 11 is 0. The number of aryl methyl sites for hydroxylation is 2. The van der Waals surface area contributed by atoms with Crippen molar-refractivity contribution < 1.29 is 50.9 Å². The van der Waals surface area contributed by atoms with E-state index in [0.717, 1.165) is 69.7 Å². The molecule has 2 aliphatic rings. The van der Waals surface area contributed by atoms with Crippen molar-refractivity contribution in [2.75, 3.05) is 44.3 Å². The van der Waals surface area contributed by atoms with E-state index in [0.29, 0.717) is 0 Å². The van der Waals surface area contributed by atoms with Crippen molar-refractivity contribution in [3.8, 4) is 0 Å². The molecule has 39 heavy (non-hydrogen) atoms. The highest BCUT2D eigenvalue weighted by Gasteiger charge is 2.42. The standard InChI is InChI=1S/C18H26N6O.2C2HF3O2/c1-15-9-20-17(21-10-15)24-7-8-25-14-18(13-24)3-5-23(12-18)11-16-19-4-6-22(16)2;2*3-2(4,5)1(6)7/h4,6,9-10H,3,5,7-8,11-14H2,1-2H3;2*(H,6,7). The van der Waals surface area contributed by atoms with E-state index in [4.69, 9.17) is 24.5 Å². The lowest BCUT2D eigenvalue weighted by Gasteiger charge is -2.32. The fourth-order valence-electron chi connectivity index (χ4n) is 3.87. The van der Waals surface area contributed by atoms with Crippen molar-refractivity contribution in [2.24, 2.45) is 12.5 Å². The Morgan fingerprint density at radius 2 is 1.56 bits per heavy atom. The van der Waals surface area contributed by atoms with E-state index in [1.807, 2.05) is 31.7 Å². The van der Waals surface area contributed by atoms with Crippen molar-refractivity contribution in [1.29, 1.82) is 0 Å². The summed E-state index contributed by atoms with van der Waals surface area (Å²) in [5, 5.41) is 14.2. The average molecular weight is 570 g/mol. The minimum absolute atomic E-state index is 0.149. The molecule has 218 valence electrons.